The first kappa shape index (κ1) is 11.3. The smallest absolute Gasteiger partial charge is 0.295 e. The number of aryl methyl sites for hydroxylation is 2. The van der Waals surface area contributed by atoms with Gasteiger partial charge in [0.1, 0.15) is 0 Å². The fourth-order valence-electron chi connectivity index (χ4n) is 1.94. The average Bonchev–Trinajstić information content (AvgIpc) is 2.55. The summed E-state index contributed by atoms with van der Waals surface area (Å²) in [6, 6.07) is 7.86. The van der Waals surface area contributed by atoms with Crippen LogP contribution in [0, 0.1) is 0 Å². The van der Waals surface area contributed by atoms with E-state index < -0.39 is 0 Å². The number of hydrogen-bond acceptors (Lipinski definition) is 1. The van der Waals surface area contributed by atoms with Crippen LogP contribution in [0.25, 0.3) is 11.0 Å². The molecule has 2 aromatic rings. The molecule has 0 bridgehead atoms. The summed E-state index contributed by atoms with van der Waals surface area (Å²) in [5, 5.41) is 0. The van der Waals surface area contributed by atoms with Crippen LogP contribution in [0.4, 0.5) is 0 Å². The lowest BCUT2D eigenvalue weighted by Crippen LogP contribution is -2.22. The summed E-state index contributed by atoms with van der Waals surface area (Å²) in [4.78, 5) is 12.0. The average molecular weight is 239 g/mol. The molecule has 0 saturated carbocycles. The summed E-state index contributed by atoms with van der Waals surface area (Å²) < 4.78 is 3.51. The van der Waals surface area contributed by atoms with Gasteiger partial charge in [-0.05, 0) is 25.0 Å². The number of benzene rings is 1. The Labute approximate surface area is 99.3 Å². The largest absolute Gasteiger partial charge is 0.328 e. The number of imidazole rings is 1. The SMILES string of the molecule is Cn1c(=O)n(CCCCCl)c2ccccc21. The van der Waals surface area contributed by atoms with Crippen LogP contribution < -0.4 is 5.69 Å². The zero-order chi connectivity index (χ0) is 11.5. The molecule has 0 aliphatic carbocycles. The van der Waals surface area contributed by atoms with Crippen molar-refractivity contribution in [1.29, 1.82) is 0 Å². The predicted octanol–water partition coefficient (Wildman–Crippen LogP) is 2.36. The van der Waals surface area contributed by atoms with Gasteiger partial charge in [-0.2, -0.15) is 0 Å². The lowest BCUT2D eigenvalue weighted by Gasteiger charge is -2.01. The van der Waals surface area contributed by atoms with Gasteiger partial charge < -0.3 is 0 Å². The van der Waals surface area contributed by atoms with Crippen LogP contribution in [0.3, 0.4) is 0 Å². The van der Waals surface area contributed by atoms with Gasteiger partial charge in [0.25, 0.3) is 0 Å². The van der Waals surface area contributed by atoms with Crippen molar-refractivity contribution >= 4 is 22.6 Å². The van der Waals surface area contributed by atoms with Crippen molar-refractivity contribution in [2.24, 2.45) is 7.05 Å². The van der Waals surface area contributed by atoms with E-state index in [4.69, 9.17) is 11.6 Å². The van der Waals surface area contributed by atoms with Crippen molar-refractivity contribution in [2.75, 3.05) is 5.88 Å². The fraction of sp³-hybridized carbons (Fsp3) is 0.417. The monoisotopic (exact) mass is 238 g/mol. The first-order chi connectivity index (χ1) is 7.75. The third-order valence-electron chi connectivity index (χ3n) is 2.82. The summed E-state index contributed by atoms with van der Waals surface area (Å²) in [5.41, 5.74) is 2.04. The molecule has 2 rings (SSSR count). The van der Waals surface area contributed by atoms with Gasteiger partial charge >= 0.3 is 5.69 Å². The van der Waals surface area contributed by atoms with Gasteiger partial charge in [0, 0.05) is 19.5 Å². The lowest BCUT2D eigenvalue weighted by molar-refractivity contribution is 0.616. The van der Waals surface area contributed by atoms with E-state index in [0.717, 1.165) is 30.4 Å². The van der Waals surface area contributed by atoms with Gasteiger partial charge in [0.2, 0.25) is 0 Å². The Balaban J connectivity index is 2.43. The number of halogens is 1. The molecule has 0 saturated heterocycles. The second-order valence-corrected chi connectivity index (χ2v) is 4.26. The highest BCUT2D eigenvalue weighted by molar-refractivity contribution is 6.17. The number of unbranched alkanes of at least 4 members (excludes halogenated alkanes) is 1. The number of rotatable bonds is 4. The Kier molecular flexibility index (Phi) is 3.34. The van der Waals surface area contributed by atoms with Crippen molar-refractivity contribution in [1.82, 2.24) is 9.13 Å². The highest BCUT2D eigenvalue weighted by atomic mass is 35.5. The molecule has 0 aliphatic rings. The van der Waals surface area contributed by atoms with Crippen LogP contribution in [-0.4, -0.2) is 15.0 Å². The van der Waals surface area contributed by atoms with E-state index in [1.165, 1.54) is 0 Å². The number of aromatic nitrogens is 2. The molecule has 86 valence electrons. The van der Waals surface area contributed by atoms with E-state index in [-0.39, 0.29) is 5.69 Å². The number of alkyl halides is 1. The van der Waals surface area contributed by atoms with Crippen LogP contribution in [0.2, 0.25) is 0 Å². The Morgan fingerprint density at radius 2 is 1.88 bits per heavy atom. The van der Waals surface area contributed by atoms with Crippen molar-refractivity contribution in [2.45, 2.75) is 19.4 Å². The molecular weight excluding hydrogens is 224 g/mol. The number of nitrogens with zero attached hydrogens (tertiary/aromatic N) is 2. The van der Waals surface area contributed by atoms with Crippen molar-refractivity contribution in [3.8, 4) is 0 Å². The minimum atomic E-state index is 0.0516. The van der Waals surface area contributed by atoms with Crippen LogP contribution in [-0.2, 0) is 13.6 Å². The zero-order valence-corrected chi connectivity index (χ0v) is 10.1. The minimum absolute atomic E-state index is 0.0516. The topological polar surface area (TPSA) is 26.9 Å². The van der Waals surface area contributed by atoms with E-state index in [1.54, 1.807) is 4.57 Å². The maximum atomic E-state index is 12.0. The summed E-state index contributed by atoms with van der Waals surface area (Å²) in [6.45, 7) is 0.743. The molecule has 4 heteroatoms. The molecule has 0 amide bonds. The predicted molar refractivity (Wildman–Crippen MR) is 67.1 cm³/mol. The van der Waals surface area contributed by atoms with Crippen LogP contribution in [0.15, 0.2) is 29.1 Å². The highest BCUT2D eigenvalue weighted by Gasteiger charge is 2.08. The maximum Gasteiger partial charge on any atom is 0.328 e. The molecule has 16 heavy (non-hydrogen) atoms. The highest BCUT2D eigenvalue weighted by Crippen LogP contribution is 2.12. The normalized spacial score (nSPS) is 11.1. The first-order valence-electron chi connectivity index (χ1n) is 5.46. The Morgan fingerprint density at radius 3 is 2.56 bits per heavy atom. The number of para-hydroxylation sites is 2. The lowest BCUT2D eigenvalue weighted by atomic mass is 10.3. The van der Waals surface area contributed by atoms with Crippen molar-refractivity contribution in [3.63, 3.8) is 0 Å². The molecule has 0 atom stereocenters. The van der Waals surface area contributed by atoms with Crippen LogP contribution in [0.5, 0.6) is 0 Å². The zero-order valence-electron chi connectivity index (χ0n) is 9.32. The molecule has 1 heterocycles. The standard InChI is InChI=1S/C12H15ClN2O/c1-14-10-6-2-3-7-11(10)15(12(14)16)9-5-4-8-13/h2-3,6-7H,4-5,8-9H2,1H3. The van der Waals surface area contributed by atoms with Gasteiger partial charge in [-0.1, -0.05) is 12.1 Å². The molecule has 0 unspecified atom stereocenters. The first-order valence-corrected chi connectivity index (χ1v) is 5.99. The molecule has 1 aromatic heterocycles. The molecular formula is C12H15ClN2O. The number of fused-ring (bicyclic) bond motifs is 1. The molecule has 0 aliphatic heterocycles. The van der Waals surface area contributed by atoms with Crippen LogP contribution >= 0.6 is 11.6 Å². The Bertz CT molecular complexity index is 541. The summed E-state index contributed by atoms with van der Waals surface area (Å²) >= 11 is 5.64. The Morgan fingerprint density at radius 1 is 1.19 bits per heavy atom. The molecule has 0 fully saturated rings. The minimum Gasteiger partial charge on any atom is -0.295 e. The second kappa shape index (κ2) is 4.74. The maximum absolute atomic E-state index is 12.0. The van der Waals surface area contributed by atoms with Crippen molar-refractivity contribution < 1.29 is 0 Å². The molecule has 0 radical (unpaired) electrons. The summed E-state index contributed by atoms with van der Waals surface area (Å²) in [7, 11) is 1.81. The summed E-state index contributed by atoms with van der Waals surface area (Å²) in [6.07, 6.45) is 1.88. The van der Waals surface area contributed by atoms with E-state index >= 15 is 0 Å². The molecule has 0 N–H and O–H groups in total. The number of hydrogen-bond donors (Lipinski definition) is 0. The van der Waals surface area contributed by atoms with E-state index in [0.29, 0.717) is 5.88 Å². The van der Waals surface area contributed by atoms with Gasteiger partial charge in [-0.25, -0.2) is 4.79 Å². The van der Waals surface area contributed by atoms with E-state index in [9.17, 15) is 4.79 Å². The molecule has 3 nitrogen and oxygen atoms in total. The van der Waals surface area contributed by atoms with Gasteiger partial charge in [0.15, 0.2) is 0 Å². The van der Waals surface area contributed by atoms with Crippen LogP contribution in [0.1, 0.15) is 12.8 Å². The third kappa shape index (κ3) is 1.87. The fourth-order valence-corrected chi connectivity index (χ4v) is 2.13. The van der Waals surface area contributed by atoms with Crippen molar-refractivity contribution in [3.05, 3.63) is 34.7 Å². The van der Waals surface area contributed by atoms with Gasteiger partial charge in [0.05, 0.1) is 11.0 Å². The third-order valence-corrected chi connectivity index (χ3v) is 3.08. The summed E-state index contributed by atoms with van der Waals surface area (Å²) in [5.74, 6) is 0.652. The van der Waals surface area contributed by atoms with Gasteiger partial charge in [-0.3, -0.25) is 9.13 Å². The molecule has 1 aromatic carbocycles. The quantitative estimate of drug-likeness (QED) is 0.594. The second-order valence-electron chi connectivity index (χ2n) is 3.88. The van der Waals surface area contributed by atoms with E-state index in [2.05, 4.69) is 0 Å². The van der Waals surface area contributed by atoms with Gasteiger partial charge in [-0.15, -0.1) is 11.6 Å². The molecule has 0 spiro atoms. The Hall–Kier alpha value is -1.22. The van der Waals surface area contributed by atoms with E-state index in [1.807, 2.05) is 35.9 Å².